The third-order valence-corrected chi connectivity index (χ3v) is 3.35. The lowest BCUT2D eigenvalue weighted by atomic mass is 10.2. The maximum atomic E-state index is 11.3. The first-order chi connectivity index (χ1) is 9.19. The number of aliphatic hydroxyl groups is 1. The summed E-state index contributed by atoms with van der Waals surface area (Å²) in [6.45, 7) is 2.33. The first kappa shape index (κ1) is 14.0. The SMILES string of the molecule is O=C1CN(c2ccc(NCC(O)CCl)cc2)CCN1. The van der Waals surface area contributed by atoms with E-state index in [4.69, 9.17) is 11.6 Å². The largest absolute Gasteiger partial charge is 0.390 e. The van der Waals surface area contributed by atoms with Crippen molar-refractivity contribution in [3.8, 4) is 0 Å². The van der Waals surface area contributed by atoms with Gasteiger partial charge in [-0.05, 0) is 24.3 Å². The Hall–Kier alpha value is -1.46. The van der Waals surface area contributed by atoms with Gasteiger partial charge in [-0.1, -0.05) is 0 Å². The van der Waals surface area contributed by atoms with Crippen LogP contribution in [0.25, 0.3) is 0 Å². The van der Waals surface area contributed by atoms with Crippen molar-refractivity contribution < 1.29 is 9.90 Å². The zero-order valence-corrected chi connectivity index (χ0v) is 11.4. The molecule has 1 atom stereocenters. The highest BCUT2D eigenvalue weighted by Crippen LogP contribution is 2.18. The summed E-state index contributed by atoms with van der Waals surface area (Å²) in [5, 5.41) is 15.3. The Labute approximate surface area is 117 Å². The van der Waals surface area contributed by atoms with E-state index in [0.29, 0.717) is 19.6 Å². The van der Waals surface area contributed by atoms with E-state index in [2.05, 4.69) is 10.6 Å². The lowest BCUT2D eigenvalue weighted by Crippen LogP contribution is -2.47. The van der Waals surface area contributed by atoms with Crippen LogP contribution in [0.4, 0.5) is 11.4 Å². The molecule has 1 heterocycles. The quantitative estimate of drug-likeness (QED) is 0.694. The van der Waals surface area contributed by atoms with Gasteiger partial charge in [0.1, 0.15) is 0 Å². The molecule has 5 nitrogen and oxygen atoms in total. The number of hydrogen-bond acceptors (Lipinski definition) is 4. The fourth-order valence-electron chi connectivity index (χ4n) is 1.94. The number of piperazine rings is 1. The summed E-state index contributed by atoms with van der Waals surface area (Å²) in [5.41, 5.74) is 1.95. The third-order valence-electron chi connectivity index (χ3n) is 2.99. The average Bonchev–Trinajstić information content (AvgIpc) is 2.45. The molecule has 0 radical (unpaired) electrons. The van der Waals surface area contributed by atoms with E-state index in [9.17, 15) is 9.90 Å². The standard InChI is InChI=1S/C13H18ClN3O2/c14-7-12(18)8-16-10-1-3-11(4-2-10)17-6-5-15-13(19)9-17/h1-4,12,16,18H,5-9H2,(H,15,19). The van der Waals surface area contributed by atoms with E-state index in [1.54, 1.807) is 0 Å². The van der Waals surface area contributed by atoms with Gasteiger partial charge in [0, 0.05) is 31.0 Å². The maximum Gasteiger partial charge on any atom is 0.239 e. The van der Waals surface area contributed by atoms with Gasteiger partial charge in [0.15, 0.2) is 0 Å². The number of alkyl halides is 1. The van der Waals surface area contributed by atoms with Gasteiger partial charge in [0.2, 0.25) is 5.91 Å². The summed E-state index contributed by atoms with van der Waals surface area (Å²) in [7, 11) is 0. The molecule has 1 aromatic carbocycles. The molecular weight excluding hydrogens is 266 g/mol. The second kappa shape index (κ2) is 6.63. The van der Waals surface area contributed by atoms with Crippen LogP contribution in [-0.2, 0) is 4.79 Å². The van der Waals surface area contributed by atoms with Crippen LogP contribution in [0.3, 0.4) is 0 Å². The molecule has 0 aliphatic carbocycles. The van der Waals surface area contributed by atoms with E-state index in [1.165, 1.54) is 0 Å². The molecule has 0 aromatic heterocycles. The van der Waals surface area contributed by atoms with E-state index < -0.39 is 6.10 Å². The summed E-state index contributed by atoms with van der Waals surface area (Å²) in [5.74, 6) is 0.271. The van der Waals surface area contributed by atoms with E-state index in [0.717, 1.165) is 17.9 Å². The van der Waals surface area contributed by atoms with Gasteiger partial charge in [0.25, 0.3) is 0 Å². The first-order valence-corrected chi connectivity index (χ1v) is 6.82. The zero-order chi connectivity index (χ0) is 13.7. The highest BCUT2D eigenvalue weighted by Gasteiger charge is 2.16. The Morgan fingerprint density at radius 2 is 2.16 bits per heavy atom. The number of carbonyl (C=O) groups excluding carboxylic acids is 1. The highest BCUT2D eigenvalue weighted by molar-refractivity contribution is 6.18. The third kappa shape index (κ3) is 4.01. The van der Waals surface area contributed by atoms with E-state index in [1.807, 2.05) is 29.2 Å². The predicted octanol–water partition coefficient (Wildman–Crippen LogP) is 0.634. The molecule has 0 bridgehead atoms. The van der Waals surface area contributed by atoms with E-state index in [-0.39, 0.29) is 11.8 Å². The van der Waals surface area contributed by atoms with Gasteiger partial charge in [-0.15, -0.1) is 11.6 Å². The predicted molar refractivity (Wildman–Crippen MR) is 76.9 cm³/mol. The minimum absolute atomic E-state index is 0.0543. The summed E-state index contributed by atoms with van der Waals surface area (Å²) >= 11 is 5.52. The van der Waals surface area contributed by atoms with Crippen LogP contribution in [0.1, 0.15) is 0 Å². The minimum Gasteiger partial charge on any atom is -0.390 e. The number of aliphatic hydroxyl groups excluding tert-OH is 1. The molecule has 3 N–H and O–H groups in total. The Morgan fingerprint density at radius 3 is 2.79 bits per heavy atom. The number of amides is 1. The number of rotatable bonds is 5. The van der Waals surface area contributed by atoms with Crippen molar-refractivity contribution in [1.29, 1.82) is 0 Å². The van der Waals surface area contributed by atoms with Crippen LogP contribution < -0.4 is 15.5 Å². The molecule has 1 amide bonds. The zero-order valence-electron chi connectivity index (χ0n) is 10.6. The molecule has 19 heavy (non-hydrogen) atoms. The number of benzene rings is 1. The number of nitrogens with one attached hydrogen (secondary N) is 2. The van der Waals surface area contributed by atoms with Gasteiger partial charge < -0.3 is 20.6 Å². The summed E-state index contributed by atoms with van der Waals surface area (Å²) < 4.78 is 0. The Balaban J connectivity index is 1.92. The molecule has 0 spiro atoms. The van der Waals surface area contributed by atoms with Gasteiger partial charge in [0.05, 0.1) is 18.5 Å². The molecule has 1 aromatic rings. The van der Waals surface area contributed by atoms with Crippen molar-refractivity contribution >= 4 is 28.9 Å². The Morgan fingerprint density at radius 1 is 1.42 bits per heavy atom. The molecule has 6 heteroatoms. The van der Waals surface area contributed by atoms with Crippen molar-refractivity contribution in [1.82, 2.24) is 5.32 Å². The second-order valence-electron chi connectivity index (χ2n) is 4.51. The van der Waals surface area contributed by atoms with Gasteiger partial charge >= 0.3 is 0 Å². The van der Waals surface area contributed by atoms with Crippen molar-refractivity contribution in [3.63, 3.8) is 0 Å². The van der Waals surface area contributed by atoms with Crippen molar-refractivity contribution in [2.24, 2.45) is 0 Å². The van der Waals surface area contributed by atoms with Gasteiger partial charge in [-0.3, -0.25) is 4.79 Å². The van der Waals surface area contributed by atoms with Crippen LogP contribution in [0, 0.1) is 0 Å². The molecule has 2 rings (SSSR count). The molecule has 1 saturated heterocycles. The van der Waals surface area contributed by atoms with Crippen LogP contribution in [-0.4, -0.2) is 49.2 Å². The minimum atomic E-state index is -0.549. The van der Waals surface area contributed by atoms with Gasteiger partial charge in [-0.2, -0.15) is 0 Å². The fraction of sp³-hybridized carbons (Fsp3) is 0.462. The van der Waals surface area contributed by atoms with Crippen LogP contribution >= 0.6 is 11.6 Å². The number of nitrogens with zero attached hydrogens (tertiary/aromatic N) is 1. The molecule has 1 fully saturated rings. The molecule has 1 aliphatic heterocycles. The van der Waals surface area contributed by atoms with Gasteiger partial charge in [-0.25, -0.2) is 0 Å². The lowest BCUT2D eigenvalue weighted by Gasteiger charge is -2.28. The molecule has 0 saturated carbocycles. The van der Waals surface area contributed by atoms with E-state index >= 15 is 0 Å². The number of carbonyl (C=O) groups is 1. The summed E-state index contributed by atoms with van der Waals surface area (Å²) in [4.78, 5) is 13.4. The second-order valence-corrected chi connectivity index (χ2v) is 4.82. The normalized spacial score (nSPS) is 16.9. The molecular formula is C13H18ClN3O2. The fourth-order valence-corrected chi connectivity index (χ4v) is 2.05. The van der Waals surface area contributed by atoms with Crippen LogP contribution in [0.5, 0.6) is 0 Å². The molecule has 1 aliphatic rings. The first-order valence-electron chi connectivity index (χ1n) is 6.28. The monoisotopic (exact) mass is 283 g/mol. The topological polar surface area (TPSA) is 64.6 Å². The maximum absolute atomic E-state index is 11.3. The number of anilines is 2. The molecule has 1 unspecified atom stereocenters. The van der Waals surface area contributed by atoms with Crippen molar-refractivity contribution in [3.05, 3.63) is 24.3 Å². The smallest absolute Gasteiger partial charge is 0.239 e. The van der Waals surface area contributed by atoms with Crippen molar-refractivity contribution in [2.75, 3.05) is 42.3 Å². The summed E-state index contributed by atoms with van der Waals surface area (Å²) in [6.07, 6.45) is -0.549. The summed E-state index contributed by atoms with van der Waals surface area (Å²) in [6, 6.07) is 7.80. The average molecular weight is 284 g/mol. The highest BCUT2D eigenvalue weighted by atomic mass is 35.5. The Kier molecular flexibility index (Phi) is 4.87. The van der Waals surface area contributed by atoms with Crippen LogP contribution in [0.2, 0.25) is 0 Å². The van der Waals surface area contributed by atoms with Crippen molar-refractivity contribution in [2.45, 2.75) is 6.10 Å². The van der Waals surface area contributed by atoms with Crippen LogP contribution in [0.15, 0.2) is 24.3 Å². The molecule has 104 valence electrons. The lowest BCUT2D eigenvalue weighted by molar-refractivity contribution is -0.120. The number of hydrogen-bond donors (Lipinski definition) is 3. The Bertz CT molecular complexity index is 424. The number of halogens is 1.